The van der Waals surface area contributed by atoms with Crippen LogP contribution in [0, 0.1) is 17.3 Å². The highest BCUT2D eigenvalue weighted by atomic mass is 32.1. The average Bonchev–Trinajstić information content (AvgIpc) is 2.39. The summed E-state index contributed by atoms with van der Waals surface area (Å²) in [6.45, 7) is 8.72. The van der Waals surface area contributed by atoms with Gasteiger partial charge in [0.05, 0.1) is 0 Å². The van der Waals surface area contributed by atoms with E-state index in [1.165, 1.54) is 38.9 Å². The lowest BCUT2D eigenvalue weighted by atomic mass is 9.70. The molecular weight excluding hydrogens is 190 g/mol. The molecule has 1 saturated heterocycles. The minimum absolute atomic E-state index is 0.590. The molecule has 2 fully saturated rings. The fraction of sp³-hybridized carbons (Fsp3) is 1.00. The van der Waals surface area contributed by atoms with Crippen LogP contribution in [0.4, 0.5) is 0 Å². The quantitative estimate of drug-likeness (QED) is 0.706. The van der Waals surface area contributed by atoms with Gasteiger partial charge in [-0.3, -0.25) is 0 Å². The van der Waals surface area contributed by atoms with Gasteiger partial charge in [0.25, 0.3) is 0 Å². The zero-order chi connectivity index (χ0) is 10.2. The molecule has 0 aromatic heterocycles. The summed E-state index contributed by atoms with van der Waals surface area (Å²) in [4.78, 5) is 2.67. The summed E-state index contributed by atoms with van der Waals surface area (Å²) < 4.78 is 0. The standard InChI is InChI=1S/C12H23NS/c1-10-6-13(7-11(10)2)8-12(9-14)4-3-5-12/h10-11,14H,3-9H2,1-2H3. The first-order chi connectivity index (χ1) is 6.65. The molecular formula is C12H23NS. The molecule has 2 atom stereocenters. The lowest BCUT2D eigenvalue weighted by Crippen LogP contribution is -2.43. The number of hydrogen-bond donors (Lipinski definition) is 1. The lowest BCUT2D eigenvalue weighted by Gasteiger charge is -2.43. The fourth-order valence-corrected chi connectivity index (χ4v) is 3.31. The lowest BCUT2D eigenvalue weighted by molar-refractivity contribution is 0.101. The molecule has 82 valence electrons. The van der Waals surface area contributed by atoms with Gasteiger partial charge < -0.3 is 4.90 Å². The van der Waals surface area contributed by atoms with Crippen LogP contribution >= 0.6 is 12.6 Å². The van der Waals surface area contributed by atoms with Crippen molar-refractivity contribution in [3.63, 3.8) is 0 Å². The topological polar surface area (TPSA) is 3.24 Å². The minimum Gasteiger partial charge on any atom is -0.302 e. The molecule has 0 spiro atoms. The van der Waals surface area contributed by atoms with E-state index in [0.29, 0.717) is 5.41 Å². The van der Waals surface area contributed by atoms with Crippen molar-refractivity contribution in [1.82, 2.24) is 4.90 Å². The summed E-state index contributed by atoms with van der Waals surface area (Å²) in [5.74, 6) is 2.88. The van der Waals surface area contributed by atoms with Crippen LogP contribution in [0.15, 0.2) is 0 Å². The smallest absolute Gasteiger partial charge is 0.00460 e. The summed E-state index contributed by atoms with van der Waals surface area (Å²) in [6, 6.07) is 0. The zero-order valence-corrected chi connectivity index (χ0v) is 10.4. The Hall–Kier alpha value is 0.310. The fourth-order valence-electron chi connectivity index (χ4n) is 2.90. The van der Waals surface area contributed by atoms with Gasteiger partial charge in [-0.05, 0) is 35.8 Å². The normalized spacial score (nSPS) is 37.1. The average molecular weight is 213 g/mol. The summed E-state index contributed by atoms with van der Waals surface area (Å²) in [5, 5.41) is 0. The molecule has 1 heterocycles. The molecule has 0 amide bonds. The van der Waals surface area contributed by atoms with Crippen LogP contribution < -0.4 is 0 Å². The SMILES string of the molecule is CC1CN(CC2(CS)CCC2)CC1C. The van der Waals surface area contributed by atoms with Crippen LogP contribution in [-0.4, -0.2) is 30.3 Å². The Labute approximate surface area is 93.7 Å². The van der Waals surface area contributed by atoms with E-state index in [9.17, 15) is 0 Å². The molecule has 2 aliphatic rings. The molecule has 0 aromatic carbocycles. The van der Waals surface area contributed by atoms with Gasteiger partial charge in [-0.1, -0.05) is 20.3 Å². The molecule has 1 aliphatic heterocycles. The van der Waals surface area contributed by atoms with Crippen molar-refractivity contribution in [2.45, 2.75) is 33.1 Å². The van der Waals surface area contributed by atoms with Gasteiger partial charge in [-0.25, -0.2) is 0 Å². The Morgan fingerprint density at radius 2 is 1.79 bits per heavy atom. The van der Waals surface area contributed by atoms with Crippen LogP contribution in [0.3, 0.4) is 0 Å². The predicted molar refractivity (Wildman–Crippen MR) is 64.9 cm³/mol. The Morgan fingerprint density at radius 3 is 2.14 bits per heavy atom. The van der Waals surface area contributed by atoms with Crippen molar-refractivity contribution >= 4 is 12.6 Å². The molecule has 2 unspecified atom stereocenters. The number of likely N-dealkylation sites (tertiary alicyclic amines) is 1. The number of rotatable bonds is 3. The van der Waals surface area contributed by atoms with Crippen molar-refractivity contribution in [3.8, 4) is 0 Å². The Bertz CT molecular complexity index is 185. The Kier molecular flexibility index (Phi) is 3.13. The molecule has 14 heavy (non-hydrogen) atoms. The third kappa shape index (κ3) is 1.96. The molecule has 0 bridgehead atoms. The third-order valence-corrected chi connectivity index (χ3v) is 5.04. The molecule has 0 N–H and O–H groups in total. The van der Waals surface area contributed by atoms with Crippen LogP contribution in [0.1, 0.15) is 33.1 Å². The van der Waals surface area contributed by atoms with Gasteiger partial charge >= 0.3 is 0 Å². The van der Waals surface area contributed by atoms with E-state index in [4.69, 9.17) is 0 Å². The molecule has 0 radical (unpaired) electrons. The second-order valence-corrected chi connectivity index (χ2v) is 5.98. The second-order valence-electron chi connectivity index (χ2n) is 5.66. The van der Waals surface area contributed by atoms with Crippen molar-refractivity contribution in [2.24, 2.45) is 17.3 Å². The second kappa shape index (κ2) is 4.05. The van der Waals surface area contributed by atoms with Crippen molar-refractivity contribution in [2.75, 3.05) is 25.4 Å². The number of hydrogen-bond acceptors (Lipinski definition) is 2. The monoisotopic (exact) mass is 213 g/mol. The van der Waals surface area contributed by atoms with Gasteiger partial charge in [0.2, 0.25) is 0 Å². The highest BCUT2D eigenvalue weighted by molar-refractivity contribution is 7.80. The van der Waals surface area contributed by atoms with Crippen molar-refractivity contribution in [3.05, 3.63) is 0 Å². The first-order valence-electron chi connectivity index (χ1n) is 5.98. The van der Waals surface area contributed by atoms with E-state index in [1.54, 1.807) is 0 Å². The molecule has 2 heteroatoms. The molecule has 1 aliphatic carbocycles. The molecule has 1 saturated carbocycles. The Morgan fingerprint density at radius 1 is 1.21 bits per heavy atom. The van der Waals surface area contributed by atoms with Crippen LogP contribution in [0.2, 0.25) is 0 Å². The van der Waals surface area contributed by atoms with Crippen LogP contribution in [0.25, 0.3) is 0 Å². The summed E-state index contributed by atoms with van der Waals surface area (Å²) in [5.41, 5.74) is 0.590. The van der Waals surface area contributed by atoms with Gasteiger partial charge in [-0.2, -0.15) is 12.6 Å². The Balaban J connectivity index is 1.86. The summed E-state index contributed by atoms with van der Waals surface area (Å²) in [7, 11) is 0. The van der Waals surface area contributed by atoms with Crippen LogP contribution in [-0.2, 0) is 0 Å². The molecule has 1 nitrogen and oxygen atoms in total. The summed E-state index contributed by atoms with van der Waals surface area (Å²) >= 11 is 4.52. The third-order valence-electron chi connectivity index (χ3n) is 4.37. The number of nitrogens with zero attached hydrogens (tertiary/aromatic N) is 1. The highest BCUT2D eigenvalue weighted by Gasteiger charge is 2.39. The summed E-state index contributed by atoms with van der Waals surface area (Å²) in [6.07, 6.45) is 4.25. The van der Waals surface area contributed by atoms with E-state index >= 15 is 0 Å². The van der Waals surface area contributed by atoms with E-state index in [0.717, 1.165) is 17.6 Å². The maximum Gasteiger partial charge on any atom is 0.00460 e. The number of thiol groups is 1. The minimum atomic E-state index is 0.590. The molecule has 2 rings (SSSR count). The van der Waals surface area contributed by atoms with Crippen molar-refractivity contribution in [1.29, 1.82) is 0 Å². The van der Waals surface area contributed by atoms with E-state index in [2.05, 4.69) is 31.4 Å². The van der Waals surface area contributed by atoms with E-state index in [1.807, 2.05) is 0 Å². The van der Waals surface area contributed by atoms with E-state index < -0.39 is 0 Å². The maximum atomic E-state index is 4.52. The highest BCUT2D eigenvalue weighted by Crippen LogP contribution is 2.43. The van der Waals surface area contributed by atoms with Gasteiger partial charge in [0, 0.05) is 19.6 Å². The van der Waals surface area contributed by atoms with Gasteiger partial charge in [0.1, 0.15) is 0 Å². The first kappa shape index (κ1) is 10.8. The largest absolute Gasteiger partial charge is 0.302 e. The van der Waals surface area contributed by atoms with Gasteiger partial charge in [-0.15, -0.1) is 0 Å². The maximum absolute atomic E-state index is 4.52. The van der Waals surface area contributed by atoms with E-state index in [-0.39, 0.29) is 0 Å². The van der Waals surface area contributed by atoms with Crippen LogP contribution in [0.5, 0.6) is 0 Å². The van der Waals surface area contributed by atoms with Gasteiger partial charge in [0.15, 0.2) is 0 Å². The molecule has 0 aromatic rings. The predicted octanol–water partition coefficient (Wildman–Crippen LogP) is 2.67. The zero-order valence-electron chi connectivity index (χ0n) is 9.50. The van der Waals surface area contributed by atoms with Crippen molar-refractivity contribution < 1.29 is 0 Å². The first-order valence-corrected chi connectivity index (χ1v) is 6.62.